The van der Waals surface area contributed by atoms with Crippen molar-refractivity contribution in [3.05, 3.63) is 47.0 Å². The Kier molecular flexibility index (Phi) is 7.69. The number of hydrogen-bond donors (Lipinski definition) is 2. The number of nitrogens with zero attached hydrogens (tertiary/aromatic N) is 2. The summed E-state index contributed by atoms with van der Waals surface area (Å²) in [4.78, 5) is 15.5. The Labute approximate surface area is 216 Å². The van der Waals surface area contributed by atoms with Crippen LogP contribution in [-0.2, 0) is 27.7 Å². The summed E-state index contributed by atoms with van der Waals surface area (Å²) in [6, 6.07) is 8.05. The molecular formula is C23H24N4O8S2. The molecular weight excluding hydrogens is 524 g/mol. The predicted octanol–water partition coefficient (Wildman–Crippen LogP) is 4.31. The van der Waals surface area contributed by atoms with Gasteiger partial charge >= 0.3 is 6.09 Å². The SMILES string of the molecule is CCc1ccc(OC)c(S(=O)(=O)Nc2noc3cc(Oc4nc(CNC(=O)OC)cs4)cc(OC)c23)c1. The second-order valence-corrected chi connectivity index (χ2v) is 10.00. The standard InChI is InChI=1S/C23H24N4O8S2/c1-5-13-6-7-16(31-2)19(8-13)37(29,30)27-21-20-17(32-3)9-15(10-18(20)35-26-21)34-23-25-14(12-36-23)11-24-22(28)33-4/h6-10,12H,5,11H2,1-4H3,(H,24,28)(H,26,27). The highest BCUT2D eigenvalue weighted by Gasteiger charge is 2.25. The molecule has 0 bridgehead atoms. The number of aromatic nitrogens is 2. The number of alkyl carbamates (subject to hydrolysis) is 1. The summed E-state index contributed by atoms with van der Waals surface area (Å²) in [6.07, 6.45) is 0.0807. The van der Waals surface area contributed by atoms with E-state index in [0.717, 1.165) is 5.56 Å². The number of fused-ring (bicyclic) bond motifs is 1. The maximum absolute atomic E-state index is 13.2. The van der Waals surface area contributed by atoms with Crippen molar-refractivity contribution < 1.29 is 36.7 Å². The Morgan fingerprint density at radius 1 is 1.11 bits per heavy atom. The smallest absolute Gasteiger partial charge is 0.407 e. The molecule has 4 rings (SSSR count). The molecule has 0 aliphatic rings. The first-order valence-corrected chi connectivity index (χ1v) is 13.3. The number of aryl methyl sites for hydroxylation is 1. The first kappa shape index (κ1) is 26.0. The van der Waals surface area contributed by atoms with Crippen molar-refractivity contribution in [3.8, 4) is 22.4 Å². The number of anilines is 1. The summed E-state index contributed by atoms with van der Waals surface area (Å²) in [5, 5.41) is 8.79. The monoisotopic (exact) mass is 548 g/mol. The minimum atomic E-state index is -4.08. The lowest BCUT2D eigenvalue weighted by Crippen LogP contribution is -2.22. The Hall–Kier alpha value is -4.04. The number of methoxy groups -OCH3 is 3. The van der Waals surface area contributed by atoms with Crippen LogP contribution in [0, 0.1) is 0 Å². The molecule has 1 amide bonds. The molecule has 0 unspecified atom stereocenters. The Morgan fingerprint density at radius 2 is 1.89 bits per heavy atom. The lowest BCUT2D eigenvalue weighted by Gasteiger charge is -2.12. The fourth-order valence-electron chi connectivity index (χ4n) is 3.39. The van der Waals surface area contributed by atoms with Gasteiger partial charge in [-0.2, -0.15) is 0 Å². The van der Waals surface area contributed by atoms with E-state index in [1.165, 1.54) is 38.7 Å². The molecule has 0 atom stereocenters. The first-order chi connectivity index (χ1) is 17.8. The van der Waals surface area contributed by atoms with Crippen LogP contribution >= 0.6 is 11.3 Å². The zero-order chi connectivity index (χ0) is 26.6. The van der Waals surface area contributed by atoms with Gasteiger partial charge in [-0.1, -0.05) is 29.5 Å². The minimum absolute atomic E-state index is 0.0225. The topological polar surface area (TPSA) is 151 Å². The minimum Gasteiger partial charge on any atom is -0.496 e. The van der Waals surface area contributed by atoms with Crippen LogP contribution in [0.1, 0.15) is 18.2 Å². The molecule has 14 heteroatoms. The third kappa shape index (κ3) is 5.70. The molecule has 0 radical (unpaired) electrons. The molecule has 0 fully saturated rings. The number of rotatable bonds is 10. The highest BCUT2D eigenvalue weighted by molar-refractivity contribution is 7.92. The number of thiazole rings is 1. The van der Waals surface area contributed by atoms with Crippen LogP contribution in [-0.4, -0.2) is 46.0 Å². The van der Waals surface area contributed by atoms with Gasteiger partial charge in [-0.05, 0) is 24.1 Å². The third-order valence-corrected chi connectivity index (χ3v) is 7.35. The molecule has 0 aliphatic heterocycles. The van der Waals surface area contributed by atoms with Crippen molar-refractivity contribution in [2.45, 2.75) is 24.8 Å². The van der Waals surface area contributed by atoms with E-state index in [-0.39, 0.29) is 34.3 Å². The van der Waals surface area contributed by atoms with Crippen LogP contribution in [0.5, 0.6) is 22.4 Å². The van der Waals surface area contributed by atoms with Crippen LogP contribution in [0.25, 0.3) is 11.0 Å². The summed E-state index contributed by atoms with van der Waals surface area (Å²) >= 11 is 1.22. The number of amides is 1. The summed E-state index contributed by atoms with van der Waals surface area (Å²) in [6.45, 7) is 2.10. The fraction of sp³-hybridized carbons (Fsp3) is 0.261. The van der Waals surface area contributed by atoms with Crippen molar-refractivity contribution in [2.75, 3.05) is 26.1 Å². The van der Waals surface area contributed by atoms with Crippen LogP contribution in [0.3, 0.4) is 0 Å². The molecule has 4 aromatic rings. The van der Waals surface area contributed by atoms with Gasteiger partial charge in [0.1, 0.15) is 27.5 Å². The van der Waals surface area contributed by atoms with Crippen molar-refractivity contribution in [1.29, 1.82) is 0 Å². The quantitative estimate of drug-likeness (QED) is 0.293. The average molecular weight is 549 g/mol. The van der Waals surface area contributed by atoms with Crippen LogP contribution < -0.4 is 24.2 Å². The summed E-state index contributed by atoms with van der Waals surface area (Å²) in [7, 11) is 0.0248. The number of carbonyl (C=O) groups excluding carboxylic acids is 1. The molecule has 0 aliphatic carbocycles. The predicted molar refractivity (Wildman–Crippen MR) is 135 cm³/mol. The molecule has 2 heterocycles. The van der Waals surface area contributed by atoms with E-state index < -0.39 is 16.1 Å². The maximum atomic E-state index is 13.2. The zero-order valence-corrected chi connectivity index (χ0v) is 22.0. The maximum Gasteiger partial charge on any atom is 0.407 e. The van der Waals surface area contributed by atoms with Gasteiger partial charge in [0.15, 0.2) is 11.4 Å². The fourth-order valence-corrected chi connectivity index (χ4v) is 5.30. The first-order valence-electron chi connectivity index (χ1n) is 10.9. The summed E-state index contributed by atoms with van der Waals surface area (Å²) in [5.74, 6) is 0.747. The molecule has 196 valence electrons. The lowest BCUT2D eigenvalue weighted by atomic mass is 10.2. The third-order valence-electron chi connectivity index (χ3n) is 5.22. The molecule has 2 N–H and O–H groups in total. The van der Waals surface area contributed by atoms with E-state index in [2.05, 4.69) is 24.9 Å². The Bertz CT molecular complexity index is 1530. The second-order valence-electron chi connectivity index (χ2n) is 7.53. The second kappa shape index (κ2) is 10.9. The van der Waals surface area contributed by atoms with E-state index >= 15 is 0 Å². The van der Waals surface area contributed by atoms with Crippen molar-refractivity contribution in [1.82, 2.24) is 15.5 Å². The number of ether oxygens (including phenoxy) is 4. The van der Waals surface area contributed by atoms with Crippen LogP contribution in [0.15, 0.2) is 45.1 Å². The van der Waals surface area contributed by atoms with Gasteiger partial charge in [-0.15, -0.1) is 0 Å². The molecule has 0 spiro atoms. The number of nitrogens with one attached hydrogen (secondary N) is 2. The number of sulfonamides is 1. The normalized spacial score (nSPS) is 11.2. The molecule has 0 saturated heterocycles. The molecule has 0 saturated carbocycles. The molecule has 2 aromatic heterocycles. The highest BCUT2D eigenvalue weighted by Crippen LogP contribution is 2.39. The lowest BCUT2D eigenvalue weighted by molar-refractivity contribution is 0.170. The van der Waals surface area contributed by atoms with E-state index in [4.69, 9.17) is 18.7 Å². The Balaban J connectivity index is 1.60. The molecule has 37 heavy (non-hydrogen) atoms. The largest absolute Gasteiger partial charge is 0.496 e. The van der Waals surface area contributed by atoms with E-state index in [1.54, 1.807) is 29.6 Å². The number of carbonyl (C=O) groups is 1. The van der Waals surface area contributed by atoms with Crippen molar-refractivity contribution in [2.24, 2.45) is 0 Å². The zero-order valence-electron chi connectivity index (χ0n) is 20.4. The van der Waals surface area contributed by atoms with E-state index in [9.17, 15) is 13.2 Å². The molecule has 2 aromatic carbocycles. The highest BCUT2D eigenvalue weighted by atomic mass is 32.2. The van der Waals surface area contributed by atoms with Crippen LogP contribution in [0.2, 0.25) is 0 Å². The van der Waals surface area contributed by atoms with Crippen LogP contribution in [0.4, 0.5) is 10.6 Å². The summed E-state index contributed by atoms with van der Waals surface area (Å²) < 4.78 is 55.4. The van der Waals surface area contributed by atoms with Crippen molar-refractivity contribution in [3.63, 3.8) is 0 Å². The van der Waals surface area contributed by atoms with Gasteiger partial charge in [0.25, 0.3) is 15.2 Å². The Morgan fingerprint density at radius 3 is 2.59 bits per heavy atom. The number of benzene rings is 2. The van der Waals surface area contributed by atoms with Crippen molar-refractivity contribution >= 4 is 44.2 Å². The van der Waals surface area contributed by atoms with Gasteiger partial charge in [0.05, 0.1) is 33.6 Å². The average Bonchev–Trinajstić information content (AvgIpc) is 3.52. The van der Waals surface area contributed by atoms with Gasteiger partial charge in [0, 0.05) is 17.5 Å². The summed E-state index contributed by atoms with van der Waals surface area (Å²) in [5.41, 5.74) is 1.64. The molecule has 12 nitrogen and oxygen atoms in total. The van der Waals surface area contributed by atoms with Gasteiger partial charge < -0.3 is 28.8 Å². The number of hydrogen-bond acceptors (Lipinski definition) is 11. The van der Waals surface area contributed by atoms with Gasteiger partial charge in [-0.25, -0.2) is 18.2 Å². The van der Waals surface area contributed by atoms with Gasteiger partial charge in [0.2, 0.25) is 0 Å². The van der Waals surface area contributed by atoms with Gasteiger partial charge in [-0.3, -0.25) is 4.72 Å². The van der Waals surface area contributed by atoms with E-state index in [1.807, 2.05) is 6.92 Å². The van der Waals surface area contributed by atoms with E-state index in [0.29, 0.717) is 28.4 Å².